The van der Waals surface area contributed by atoms with E-state index in [9.17, 15) is 14.9 Å². The lowest BCUT2D eigenvalue weighted by molar-refractivity contribution is -0.384. The van der Waals surface area contributed by atoms with Crippen LogP contribution in [0, 0.1) is 10.1 Å². The van der Waals surface area contributed by atoms with E-state index < -0.39 is 4.92 Å². The van der Waals surface area contributed by atoms with Gasteiger partial charge in [-0.25, -0.2) is 5.43 Å². The third-order valence-electron chi connectivity index (χ3n) is 3.84. The Balaban J connectivity index is 1.64. The first-order valence-electron chi connectivity index (χ1n) is 8.58. The average Bonchev–Trinajstić information content (AvgIpc) is 3.17. The van der Waals surface area contributed by atoms with E-state index in [1.165, 1.54) is 18.3 Å². The normalized spacial score (nSPS) is 10.8. The SMILES string of the molecule is CCOc1ccc(C(=O)N/N=C\c2ccc(-c3ccc([N+](=O)[O-])cc3Br)o2)cc1. The van der Waals surface area contributed by atoms with Crippen LogP contribution in [0.15, 0.2) is 68.6 Å². The van der Waals surface area contributed by atoms with Crippen molar-refractivity contribution in [2.24, 2.45) is 5.10 Å². The molecule has 0 aliphatic heterocycles. The molecule has 9 heteroatoms. The maximum Gasteiger partial charge on any atom is 0.271 e. The number of hydrogen-bond acceptors (Lipinski definition) is 6. The van der Waals surface area contributed by atoms with Crippen molar-refractivity contribution in [1.82, 2.24) is 5.43 Å². The topological polar surface area (TPSA) is 107 Å². The second-order valence-corrected chi connectivity index (χ2v) is 6.63. The van der Waals surface area contributed by atoms with Crippen LogP contribution < -0.4 is 10.2 Å². The first kappa shape index (κ1) is 20.3. The van der Waals surface area contributed by atoms with Crippen LogP contribution in [-0.4, -0.2) is 23.7 Å². The third-order valence-corrected chi connectivity index (χ3v) is 4.50. The van der Waals surface area contributed by atoms with Crippen LogP contribution in [0.2, 0.25) is 0 Å². The molecular weight excluding hydrogens is 442 g/mol. The molecule has 0 unspecified atom stereocenters. The van der Waals surface area contributed by atoms with Gasteiger partial charge in [0, 0.05) is 27.7 Å². The Morgan fingerprint density at radius 1 is 1.24 bits per heavy atom. The van der Waals surface area contributed by atoms with Crippen LogP contribution in [0.5, 0.6) is 5.75 Å². The van der Waals surface area contributed by atoms with Crippen molar-refractivity contribution >= 4 is 33.7 Å². The van der Waals surface area contributed by atoms with Crippen LogP contribution in [0.25, 0.3) is 11.3 Å². The fraction of sp³-hybridized carbons (Fsp3) is 0.100. The van der Waals surface area contributed by atoms with Crippen molar-refractivity contribution in [1.29, 1.82) is 0 Å². The highest BCUT2D eigenvalue weighted by Gasteiger charge is 2.13. The maximum atomic E-state index is 12.1. The molecule has 1 aromatic heterocycles. The molecule has 29 heavy (non-hydrogen) atoms. The number of nitro benzene ring substituents is 1. The summed E-state index contributed by atoms with van der Waals surface area (Å²) >= 11 is 3.31. The Labute approximate surface area is 174 Å². The maximum absolute atomic E-state index is 12.1. The summed E-state index contributed by atoms with van der Waals surface area (Å²) in [4.78, 5) is 22.5. The van der Waals surface area contributed by atoms with Crippen molar-refractivity contribution in [2.75, 3.05) is 6.61 Å². The minimum Gasteiger partial charge on any atom is -0.494 e. The van der Waals surface area contributed by atoms with E-state index in [-0.39, 0.29) is 11.6 Å². The highest BCUT2D eigenvalue weighted by atomic mass is 79.9. The third kappa shape index (κ3) is 5.08. The van der Waals surface area contributed by atoms with Gasteiger partial charge in [-0.1, -0.05) is 0 Å². The predicted octanol–water partition coefficient (Wildman–Crippen LogP) is 4.78. The molecule has 1 amide bonds. The second-order valence-electron chi connectivity index (χ2n) is 5.78. The molecule has 1 heterocycles. The number of furan rings is 1. The van der Waals surface area contributed by atoms with Gasteiger partial charge in [-0.3, -0.25) is 14.9 Å². The summed E-state index contributed by atoms with van der Waals surface area (Å²) in [5.74, 6) is 1.24. The summed E-state index contributed by atoms with van der Waals surface area (Å²) in [6, 6.07) is 14.5. The van der Waals surface area contributed by atoms with E-state index in [2.05, 4.69) is 26.5 Å². The quantitative estimate of drug-likeness (QED) is 0.312. The van der Waals surface area contributed by atoms with Gasteiger partial charge in [-0.05, 0) is 65.3 Å². The van der Waals surface area contributed by atoms with Crippen LogP contribution in [0.1, 0.15) is 23.0 Å². The standard InChI is InChI=1S/C20H16BrN3O5/c1-2-28-15-6-3-13(4-7-15)20(25)23-22-12-16-8-10-19(29-16)17-9-5-14(24(26)27)11-18(17)21/h3-12H,2H2,1H3,(H,23,25)/b22-12-. The Bertz CT molecular complexity index is 1060. The molecule has 0 bridgehead atoms. The highest BCUT2D eigenvalue weighted by molar-refractivity contribution is 9.10. The van der Waals surface area contributed by atoms with Crippen molar-refractivity contribution in [3.05, 3.63) is 80.5 Å². The molecule has 0 saturated heterocycles. The largest absolute Gasteiger partial charge is 0.494 e. The summed E-state index contributed by atoms with van der Waals surface area (Å²) in [5.41, 5.74) is 3.51. The molecule has 2 aromatic carbocycles. The summed E-state index contributed by atoms with van der Waals surface area (Å²) in [5, 5.41) is 14.7. The van der Waals surface area contributed by atoms with Gasteiger partial charge < -0.3 is 9.15 Å². The summed E-state index contributed by atoms with van der Waals surface area (Å²) in [7, 11) is 0. The number of carbonyl (C=O) groups excluding carboxylic acids is 1. The second kappa shape index (κ2) is 9.16. The molecule has 0 saturated carbocycles. The number of carbonyl (C=O) groups is 1. The van der Waals surface area contributed by atoms with E-state index in [0.717, 1.165) is 0 Å². The fourth-order valence-electron chi connectivity index (χ4n) is 2.47. The number of nitrogens with zero attached hydrogens (tertiary/aromatic N) is 2. The molecule has 8 nitrogen and oxygen atoms in total. The van der Waals surface area contributed by atoms with E-state index in [1.54, 1.807) is 42.5 Å². The number of nitro groups is 1. The minimum absolute atomic E-state index is 0.0223. The number of hydrogen-bond donors (Lipinski definition) is 1. The molecule has 1 N–H and O–H groups in total. The van der Waals surface area contributed by atoms with Crippen molar-refractivity contribution in [3.8, 4) is 17.1 Å². The van der Waals surface area contributed by atoms with Crippen LogP contribution in [-0.2, 0) is 0 Å². The average molecular weight is 458 g/mol. The lowest BCUT2D eigenvalue weighted by Crippen LogP contribution is -2.17. The Hall–Kier alpha value is -3.46. The first-order chi connectivity index (χ1) is 14.0. The Kier molecular flexibility index (Phi) is 6.40. The number of non-ortho nitro benzene ring substituents is 1. The Morgan fingerprint density at radius 3 is 2.66 bits per heavy atom. The molecule has 0 atom stereocenters. The number of halogens is 1. The molecule has 0 radical (unpaired) electrons. The predicted molar refractivity (Wildman–Crippen MR) is 111 cm³/mol. The van der Waals surface area contributed by atoms with Crippen molar-refractivity contribution in [3.63, 3.8) is 0 Å². The highest BCUT2D eigenvalue weighted by Crippen LogP contribution is 2.32. The lowest BCUT2D eigenvalue weighted by Gasteiger charge is -2.03. The summed E-state index contributed by atoms with van der Waals surface area (Å²) < 4.78 is 11.5. The van der Waals surface area contributed by atoms with Crippen LogP contribution in [0.4, 0.5) is 5.69 Å². The van der Waals surface area contributed by atoms with Gasteiger partial charge in [0.25, 0.3) is 11.6 Å². The van der Waals surface area contributed by atoms with Crippen LogP contribution in [0.3, 0.4) is 0 Å². The van der Waals surface area contributed by atoms with E-state index >= 15 is 0 Å². The molecular formula is C20H16BrN3O5. The summed E-state index contributed by atoms with van der Waals surface area (Å²) in [6.45, 7) is 2.44. The van der Waals surface area contributed by atoms with Crippen LogP contribution >= 0.6 is 15.9 Å². The fourth-order valence-corrected chi connectivity index (χ4v) is 3.03. The zero-order valence-corrected chi connectivity index (χ0v) is 16.9. The van der Waals surface area contributed by atoms with Gasteiger partial charge in [0.05, 0.1) is 17.7 Å². The number of amides is 1. The number of benzene rings is 2. The van der Waals surface area contributed by atoms with Crippen molar-refractivity contribution < 1.29 is 18.9 Å². The summed E-state index contributed by atoms with van der Waals surface area (Å²) in [6.07, 6.45) is 1.37. The molecule has 3 rings (SSSR count). The monoisotopic (exact) mass is 457 g/mol. The number of nitrogens with one attached hydrogen (secondary N) is 1. The zero-order valence-electron chi connectivity index (χ0n) is 15.3. The zero-order chi connectivity index (χ0) is 20.8. The molecule has 0 fully saturated rings. The number of hydrazone groups is 1. The van der Waals surface area contributed by atoms with Gasteiger partial charge in [0.15, 0.2) is 0 Å². The Morgan fingerprint density at radius 2 is 2.00 bits per heavy atom. The van der Waals surface area contributed by atoms with E-state index in [0.29, 0.717) is 39.5 Å². The van der Waals surface area contributed by atoms with Gasteiger partial charge in [-0.15, -0.1) is 0 Å². The molecule has 0 spiro atoms. The van der Waals surface area contributed by atoms with Gasteiger partial charge in [0.2, 0.25) is 0 Å². The number of ether oxygens (including phenoxy) is 1. The van der Waals surface area contributed by atoms with E-state index in [4.69, 9.17) is 9.15 Å². The molecule has 148 valence electrons. The molecule has 3 aromatic rings. The number of rotatable bonds is 7. The molecule has 0 aliphatic rings. The van der Waals surface area contributed by atoms with Gasteiger partial charge >= 0.3 is 0 Å². The van der Waals surface area contributed by atoms with Gasteiger partial charge in [-0.2, -0.15) is 5.10 Å². The lowest BCUT2D eigenvalue weighted by atomic mass is 10.1. The van der Waals surface area contributed by atoms with Crippen molar-refractivity contribution in [2.45, 2.75) is 6.92 Å². The van der Waals surface area contributed by atoms with E-state index in [1.807, 2.05) is 6.92 Å². The smallest absolute Gasteiger partial charge is 0.271 e. The van der Waals surface area contributed by atoms with Gasteiger partial charge in [0.1, 0.15) is 17.3 Å². The first-order valence-corrected chi connectivity index (χ1v) is 9.37. The molecule has 0 aliphatic carbocycles. The minimum atomic E-state index is -0.470.